The van der Waals surface area contributed by atoms with Crippen molar-refractivity contribution in [3.8, 4) is 6.07 Å². The van der Waals surface area contributed by atoms with Crippen LogP contribution >= 0.6 is 11.6 Å². The van der Waals surface area contributed by atoms with Gasteiger partial charge in [0.25, 0.3) is 0 Å². The lowest BCUT2D eigenvalue weighted by molar-refractivity contribution is 0.191. The highest BCUT2D eigenvalue weighted by Gasteiger charge is 2.17. The van der Waals surface area contributed by atoms with Crippen LogP contribution in [0.15, 0.2) is 12.1 Å². The fourth-order valence-electron chi connectivity index (χ4n) is 2.90. The lowest BCUT2D eigenvalue weighted by Gasteiger charge is -2.31. The van der Waals surface area contributed by atoms with Gasteiger partial charge < -0.3 is 10.2 Å². The fourth-order valence-corrected chi connectivity index (χ4v) is 3.11. The van der Waals surface area contributed by atoms with Crippen molar-refractivity contribution in [2.24, 2.45) is 0 Å². The average molecular weight is 307 g/mol. The highest BCUT2D eigenvalue weighted by atomic mass is 35.5. The molecule has 1 N–H and O–H groups in total. The van der Waals surface area contributed by atoms with Gasteiger partial charge in [-0.25, -0.2) is 4.98 Å². The van der Waals surface area contributed by atoms with Crippen molar-refractivity contribution in [2.45, 2.75) is 44.6 Å². The molecular weight excluding hydrogens is 284 g/mol. The predicted molar refractivity (Wildman–Crippen MR) is 86.6 cm³/mol. The lowest BCUT2D eigenvalue weighted by Crippen LogP contribution is -2.34. The molecule has 1 aromatic heterocycles. The van der Waals surface area contributed by atoms with Gasteiger partial charge in [-0.15, -0.1) is 0 Å². The maximum atomic E-state index is 8.90. The molecule has 0 radical (unpaired) electrons. The quantitative estimate of drug-likeness (QED) is 0.643. The first-order chi connectivity index (χ1) is 10.2. The van der Waals surface area contributed by atoms with E-state index >= 15 is 0 Å². The lowest BCUT2D eigenvalue weighted by atomic mass is 9.94. The number of aromatic nitrogens is 1. The van der Waals surface area contributed by atoms with Crippen LogP contribution < -0.4 is 5.32 Å². The summed E-state index contributed by atoms with van der Waals surface area (Å²) in [5.41, 5.74) is 0.539. The zero-order valence-electron chi connectivity index (χ0n) is 12.6. The van der Waals surface area contributed by atoms with Gasteiger partial charge in [0.05, 0.1) is 11.6 Å². The van der Waals surface area contributed by atoms with Crippen LogP contribution in [0, 0.1) is 11.3 Å². The Kier molecular flexibility index (Phi) is 6.28. The van der Waals surface area contributed by atoms with E-state index in [2.05, 4.69) is 28.3 Å². The molecule has 1 fully saturated rings. The van der Waals surface area contributed by atoms with Gasteiger partial charge in [0.1, 0.15) is 11.0 Å². The third kappa shape index (κ3) is 5.18. The first-order valence-corrected chi connectivity index (χ1v) is 8.08. The Morgan fingerprint density at radius 2 is 2.14 bits per heavy atom. The fraction of sp³-hybridized carbons (Fsp3) is 0.625. The molecule has 2 rings (SSSR count). The Bertz CT molecular complexity index is 492. The van der Waals surface area contributed by atoms with E-state index in [1.807, 2.05) is 0 Å². The smallest absolute Gasteiger partial charge is 0.132 e. The van der Waals surface area contributed by atoms with E-state index in [9.17, 15) is 0 Å². The molecule has 0 amide bonds. The largest absolute Gasteiger partial charge is 0.370 e. The summed E-state index contributed by atoms with van der Waals surface area (Å²) in [7, 11) is 2.22. The summed E-state index contributed by atoms with van der Waals surface area (Å²) in [4.78, 5) is 6.66. The van der Waals surface area contributed by atoms with Gasteiger partial charge >= 0.3 is 0 Å². The first-order valence-electron chi connectivity index (χ1n) is 7.71. The predicted octanol–water partition coefficient (Wildman–Crippen LogP) is 3.67. The molecule has 0 aliphatic heterocycles. The first kappa shape index (κ1) is 16.1. The molecule has 0 unspecified atom stereocenters. The van der Waals surface area contributed by atoms with Crippen LogP contribution in [-0.4, -0.2) is 36.1 Å². The van der Waals surface area contributed by atoms with Crippen LogP contribution in [0.5, 0.6) is 0 Å². The normalized spacial score (nSPS) is 15.9. The number of anilines is 1. The van der Waals surface area contributed by atoms with Crippen LogP contribution in [0.25, 0.3) is 0 Å². The van der Waals surface area contributed by atoms with Crippen LogP contribution in [-0.2, 0) is 0 Å². The van der Waals surface area contributed by atoms with Gasteiger partial charge in [-0.1, -0.05) is 30.9 Å². The van der Waals surface area contributed by atoms with Gasteiger partial charge in [0, 0.05) is 12.6 Å². The van der Waals surface area contributed by atoms with Gasteiger partial charge in [0.15, 0.2) is 0 Å². The summed E-state index contributed by atoms with van der Waals surface area (Å²) in [6.07, 6.45) is 7.88. The summed E-state index contributed by atoms with van der Waals surface area (Å²) in [5.74, 6) is 0.680. The topological polar surface area (TPSA) is 52.0 Å². The van der Waals surface area contributed by atoms with Crippen molar-refractivity contribution < 1.29 is 0 Å². The Balaban J connectivity index is 1.72. The maximum Gasteiger partial charge on any atom is 0.132 e. The van der Waals surface area contributed by atoms with Crippen molar-refractivity contribution in [3.63, 3.8) is 0 Å². The Morgan fingerprint density at radius 1 is 1.38 bits per heavy atom. The molecule has 0 atom stereocenters. The molecular formula is C16H23ClN4. The third-order valence-corrected chi connectivity index (χ3v) is 4.31. The molecule has 1 saturated carbocycles. The molecule has 1 heterocycles. The number of nitrogens with one attached hydrogen (secondary N) is 1. The monoisotopic (exact) mass is 306 g/mol. The van der Waals surface area contributed by atoms with E-state index in [0.717, 1.165) is 25.6 Å². The number of hydrogen-bond acceptors (Lipinski definition) is 4. The van der Waals surface area contributed by atoms with Crippen molar-refractivity contribution in [2.75, 3.05) is 25.5 Å². The molecule has 4 nitrogen and oxygen atoms in total. The van der Waals surface area contributed by atoms with Crippen molar-refractivity contribution in [1.82, 2.24) is 9.88 Å². The zero-order chi connectivity index (χ0) is 15.1. The molecule has 0 spiro atoms. The summed E-state index contributed by atoms with van der Waals surface area (Å²) in [6, 6.07) is 6.15. The molecule has 1 aliphatic rings. The van der Waals surface area contributed by atoms with Crippen molar-refractivity contribution in [3.05, 3.63) is 22.8 Å². The van der Waals surface area contributed by atoms with Gasteiger partial charge in [0.2, 0.25) is 0 Å². The van der Waals surface area contributed by atoms with E-state index in [0.29, 0.717) is 16.5 Å². The highest BCUT2D eigenvalue weighted by molar-refractivity contribution is 6.29. The van der Waals surface area contributed by atoms with Crippen molar-refractivity contribution >= 4 is 17.4 Å². The zero-order valence-corrected chi connectivity index (χ0v) is 13.4. The Labute approximate surface area is 132 Å². The number of halogens is 1. The van der Waals surface area contributed by atoms with Crippen LogP contribution in [0.1, 0.15) is 44.1 Å². The van der Waals surface area contributed by atoms with E-state index in [-0.39, 0.29) is 0 Å². The minimum absolute atomic E-state index is 0.357. The SMILES string of the molecule is CN(CCCNc1cc(C#N)cc(Cl)n1)C1CCCCC1. The minimum Gasteiger partial charge on any atom is -0.370 e. The summed E-state index contributed by atoms with van der Waals surface area (Å²) < 4.78 is 0. The Morgan fingerprint density at radius 3 is 2.86 bits per heavy atom. The second-order valence-corrected chi connectivity index (χ2v) is 6.12. The van der Waals surface area contributed by atoms with E-state index in [1.54, 1.807) is 12.1 Å². The number of hydrogen-bond donors (Lipinski definition) is 1. The van der Waals surface area contributed by atoms with E-state index in [1.165, 1.54) is 32.1 Å². The van der Waals surface area contributed by atoms with Crippen LogP contribution in [0.2, 0.25) is 5.15 Å². The molecule has 0 aromatic carbocycles. The summed E-state index contributed by atoms with van der Waals surface area (Å²) >= 11 is 5.88. The molecule has 0 saturated heterocycles. The maximum absolute atomic E-state index is 8.90. The molecule has 1 aliphatic carbocycles. The summed E-state index contributed by atoms with van der Waals surface area (Å²) in [6.45, 7) is 1.93. The van der Waals surface area contributed by atoms with Gasteiger partial charge in [-0.05, 0) is 45.0 Å². The van der Waals surface area contributed by atoms with Crippen LogP contribution in [0.3, 0.4) is 0 Å². The number of nitriles is 1. The highest BCUT2D eigenvalue weighted by Crippen LogP contribution is 2.21. The third-order valence-electron chi connectivity index (χ3n) is 4.11. The number of nitrogens with zero attached hydrogens (tertiary/aromatic N) is 3. The number of pyridine rings is 1. The molecule has 0 bridgehead atoms. The molecule has 5 heteroatoms. The van der Waals surface area contributed by atoms with E-state index in [4.69, 9.17) is 16.9 Å². The van der Waals surface area contributed by atoms with E-state index < -0.39 is 0 Å². The van der Waals surface area contributed by atoms with Crippen LogP contribution in [0.4, 0.5) is 5.82 Å². The summed E-state index contributed by atoms with van der Waals surface area (Å²) in [5, 5.41) is 12.5. The van der Waals surface area contributed by atoms with Gasteiger partial charge in [-0.2, -0.15) is 5.26 Å². The molecule has 1 aromatic rings. The standard InChI is InChI=1S/C16H23ClN4/c1-21(14-6-3-2-4-7-14)9-5-8-19-16-11-13(12-18)10-15(17)20-16/h10-11,14H,2-9H2,1H3,(H,19,20). The Hall–Kier alpha value is -1.31. The molecule has 114 valence electrons. The second kappa shape index (κ2) is 8.21. The van der Waals surface area contributed by atoms with Gasteiger partial charge in [-0.3, -0.25) is 0 Å². The van der Waals surface area contributed by atoms with Crippen molar-refractivity contribution in [1.29, 1.82) is 5.26 Å². The number of rotatable bonds is 6. The average Bonchev–Trinajstić information content (AvgIpc) is 2.51. The molecule has 21 heavy (non-hydrogen) atoms. The second-order valence-electron chi connectivity index (χ2n) is 5.73. The minimum atomic E-state index is 0.357.